The van der Waals surface area contributed by atoms with E-state index in [2.05, 4.69) is 12.1 Å². The van der Waals surface area contributed by atoms with Gasteiger partial charge in [-0.3, -0.25) is 4.79 Å². The van der Waals surface area contributed by atoms with Gasteiger partial charge in [0.2, 0.25) is 5.91 Å². The van der Waals surface area contributed by atoms with Crippen molar-refractivity contribution in [3.8, 4) is 0 Å². The molecule has 1 aliphatic rings. The Morgan fingerprint density at radius 3 is 2.71 bits per heavy atom. The number of thioether (sulfide) groups is 1. The summed E-state index contributed by atoms with van der Waals surface area (Å²) in [5.74, 6) is 0.719. The Morgan fingerprint density at radius 1 is 1.10 bits per heavy atom. The van der Waals surface area contributed by atoms with Crippen LogP contribution in [0.3, 0.4) is 0 Å². The zero-order valence-electron chi connectivity index (χ0n) is 11.6. The van der Waals surface area contributed by atoms with Crippen LogP contribution in [0.5, 0.6) is 0 Å². The average molecular weight is 301 g/mol. The number of anilines is 1. The maximum Gasteiger partial charge on any atom is 0.227 e. The first-order valence-corrected chi connectivity index (χ1v) is 7.99. The molecule has 0 spiro atoms. The predicted octanol–water partition coefficient (Wildman–Crippen LogP) is 3.90. The summed E-state index contributed by atoms with van der Waals surface area (Å²) in [6.45, 7) is 0.650. The number of hydrogen-bond acceptors (Lipinski definition) is 2. The third-order valence-corrected chi connectivity index (χ3v) is 4.56. The van der Waals surface area contributed by atoms with Crippen LogP contribution in [0.25, 0.3) is 0 Å². The van der Waals surface area contributed by atoms with E-state index in [0.29, 0.717) is 19.4 Å². The second-order valence-electron chi connectivity index (χ2n) is 4.98. The van der Waals surface area contributed by atoms with E-state index < -0.39 is 0 Å². The molecule has 2 nitrogen and oxygen atoms in total. The minimum atomic E-state index is -0.235. The summed E-state index contributed by atoms with van der Waals surface area (Å²) in [5, 5.41) is 0. The van der Waals surface area contributed by atoms with Crippen molar-refractivity contribution in [3.05, 3.63) is 59.9 Å². The van der Waals surface area contributed by atoms with E-state index >= 15 is 0 Å². The van der Waals surface area contributed by atoms with Crippen molar-refractivity contribution in [1.29, 1.82) is 0 Å². The molecule has 0 unspecified atom stereocenters. The molecule has 21 heavy (non-hydrogen) atoms. The van der Waals surface area contributed by atoms with Gasteiger partial charge in [0.15, 0.2) is 0 Å². The molecule has 2 aromatic carbocycles. The molecule has 3 rings (SSSR count). The van der Waals surface area contributed by atoms with Crippen LogP contribution in [0.15, 0.2) is 53.4 Å². The van der Waals surface area contributed by atoms with E-state index in [1.54, 1.807) is 28.8 Å². The second-order valence-corrected chi connectivity index (χ2v) is 6.15. The highest BCUT2D eigenvalue weighted by Gasteiger charge is 2.23. The molecule has 0 bridgehead atoms. The van der Waals surface area contributed by atoms with Crippen LogP contribution in [0.2, 0.25) is 0 Å². The lowest BCUT2D eigenvalue weighted by Gasteiger charge is -2.29. The maximum absolute atomic E-state index is 13.3. The van der Waals surface area contributed by atoms with Crippen molar-refractivity contribution >= 4 is 23.4 Å². The van der Waals surface area contributed by atoms with Gasteiger partial charge in [-0.15, -0.1) is 11.8 Å². The molecule has 0 atom stereocenters. The van der Waals surface area contributed by atoms with Crippen LogP contribution in [-0.2, 0) is 11.2 Å². The molecule has 2 aromatic rings. The molecule has 4 heteroatoms. The first-order chi connectivity index (χ1) is 10.2. The highest BCUT2D eigenvalue weighted by atomic mass is 32.2. The predicted molar refractivity (Wildman–Crippen MR) is 84.2 cm³/mol. The molecule has 0 aromatic heterocycles. The first kappa shape index (κ1) is 14.1. The Morgan fingerprint density at radius 2 is 1.90 bits per heavy atom. The zero-order chi connectivity index (χ0) is 14.7. The smallest absolute Gasteiger partial charge is 0.227 e. The van der Waals surface area contributed by atoms with Crippen molar-refractivity contribution in [2.24, 2.45) is 0 Å². The largest absolute Gasteiger partial charge is 0.311 e. The number of fused-ring (bicyclic) bond motifs is 1. The van der Waals surface area contributed by atoms with E-state index in [1.165, 1.54) is 11.0 Å². The van der Waals surface area contributed by atoms with Crippen LogP contribution in [0, 0.1) is 5.82 Å². The normalized spacial score (nSPS) is 14.1. The zero-order valence-corrected chi connectivity index (χ0v) is 12.4. The highest BCUT2D eigenvalue weighted by molar-refractivity contribution is 7.99. The van der Waals surface area contributed by atoms with Crippen molar-refractivity contribution < 1.29 is 9.18 Å². The third-order valence-electron chi connectivity index (χ3n) is 3.57. The van der Waals surface area contributed by atoms with Gasteiger partial charge in [-0.05, 0) is 42.3 Å². The van der Waals surface area contributed by atoms with Gasteiger partial charge in [-0.2, -0.15) is 0 Å². The fourth-order valence-electron chi connectivity index (χ4n) is 2.55. The van der Waals surface area contributed by atoms with Gasteiger partial charge in [-0.25, -0.2) is 4.39 Å². The Balaban J connectivity index is 1.69. The third kappa shape index (κ3) is 3.27. The van der Waals surface area contributed by atoms with Crippen LogP contribution in [0.1, 0.15) is 12.0 Å². The topological polar surface area (TPSA) is 20.3 Å². The minimum absolute atomic E-state index is 0.128. The van der Waals surface area contributed by atoms with Gasteiger partial charge >= 0.3 is 0 Å². The molecule has 108 valence electrons. The van der Waals surface area contributed by atoms with Crippen molar-refractivity contribution in [1.82, 2.24) is 0 Å². The molecule has 0 fully saturated rings. The lowest BCUT2D eigenvalue weighted by Crippen LogP contribution is -2.36. The summed E-state index contributed by atoms with van der Waals surface area (Å²) >= 11 is 1.73. The van der Waals surface area contributed by atoms with Crippen LogP contribution in [0.4, 0.5) is 10.1 Å². The van der Waals surface area contributed by atoms with Gasteiger partial charge in [0.05, 0.1) is 0 Å². The van der Waals surface area contributed by atoms with Gasteiger partial charge in [0.25, 0.3) is 0 Å². The van der Waals surface area contributed by atoms with E-state index in [4.69, 9.17) is 0 Å². The number of amides is 1. The molecule has 0 aliphatic carbocycles. The number of hydrogen-bond donors (Lipinski definition) is 0. The molecular weight excluding hydrogens is 285 g/mol. The number of benzene rings is 2. The fraction of sp³-hybridized carbons (Fsp3) is 0.235. The van der Waals surface area contributed by atoms with E-state index in [9.17, 15) is 9.18 Å². The summed E-state index contributed by atoms with van der Waals surface area (Å²) in [4.78, 5) is 15.1. The first-order valence-electron chi connectivity index (χ1n) is 7.01. The van der Waals surface area contributed by atoms with Gasteiger partial charge < -0.3 is 4.90 Å². The van der Waals surface area contributed by atoms with Crippen molar-refractivity contribution in [3.63, 3.8) is 0 Å². The number of carbonyl (C=O) groups excluding carboxylic acids is 1. The minimum Gasteiger partial charge on any atom is -0.311 e. The average Bonchev–Trinajstić information content (AvgIpc) is 2.50. The molecule has 1 aliphatic heterocycles. The van der Waals surface area contributed by atoms with Crippen LogP contribution < -0.4 is 4.90 Å². The molecule has 0 saturated carbocycles. The van der Waals surface area contributed by atoms with Crippen LogP contribution >= 0.6 is 11.8 Å². The fourth-order valence-corrected chi connectivity index (χ4v) is 3.40. The van der Waals surface area contributed by atoms with Gasteiger partial charge in [0, 0.05) is 29.3 Å². The monoisotopic (exact) mass is 301 g/mol. The second kappa shape index (κ2) is 6.31. The maximum atomic E-state index is 13.3. The lowest BCUT2D eigenvalue weighted by atomic mass is 10.0. The lowest BCUT2D eigenvalue weighted by molar-refractivity contribution is -0.118. The number of aryl methyl sites for hydroxylation is 1. The quantitative estimate of drug-likeness (QED) is 0.798. The van der Waals surface area contributed by atoms with E-state index in [0.717, 1.165) is 17.0 Å². The number of nitrogens with zero attached hydrogens (tertiary/aromatic N) is 1. The SMILES string of the molecule is O=C1CCc2cc(F)ccc2N1CCSc1ccccc1. The Kier molecular flexibility index (Phi) is 4.25. The molecule has 1 amide bonds. The number of halogens is 1. The summed E-state index contributed by atoms with van der Waals surface area (Å²) in [6.07, 6.45) is 1.10. The summed E-state index contributed by atoms with van der Waals surface area (Å²) in [7, 11) is 0. The standard InChI is InChI=1S/C17H16FNOS/c18-14-7-8-16-13(12-14)6-9-17(20)19(16)10-11-21-15-4-2-1-3-5-15/h1-5,7-8,12H,6,9-11H2. The molecule has 0 N–H and O–H groups in total. The number of carbonyl (C=O) groups is 1. The molecular formula is C17H16FNOS. The van der Waals surface area contributed by atoms with Crippen molar-refractivity contribution in [2.45, 2.75) is 17.7 Å². The van der Waals surface area contributed by atoms with E-state index in [1.807, 2.05) is 18.2 Å². The molecule has 1 heterocycles. The summed E-state index contributed by atoms with van der Waals surface area (Å²) < 4.78 is 13.3. The van der Waals surface area contributed by atoms with E-state index in [-0.39, 0.29) is 11.7 Å². The Labute approximate surface area is 128 Å². The van der Waals surface area contributed by atoms with Crippen molar-refractivity contribution in [2.75, 3.05) is 17.2 Å². The Bertz CT molecular complexity index is 644. The Hall–Kier alpha value is -1.81. The van der Waals surface area contributed by atoms with Crippen LogP contribution in [-0.4, -0.2) is 18.2 Å². The van der Waals surface area contributed by atoms with Gasteiger partial charge in [-0.1, -0.05) is 18.2 Å². The summed E-state index contributed by atoms with van der Waals surface area (Å²) in [6, 6.07) is 14.8. The highest BCUT2D eigenvalue weighted by Crippen LogP contribution is 2.29. The molecule has 0 radical (unpaired) electrons. The summed E-state index contributed by atoms with van der Waals surface area (Å²) in [5.41, 5.74) is 1.79. The van der Waals surface area contributed by atoms with Gasteiger partial charge in [0.1, 0.15) is 5.82 Å². The molecule has 0 saturated heterocycles. The number of rotatable bonds is 4.